The molecule has 1 N–H and O–H groups in total. The molecular formula is C11H17NO3. The zero-order valence-electron chi connectivity index (χ0n) is 9.19. The van der Waals surface area contributed by atoms with Crippen LogP contribution in [-0.2, 0) is 9.59 Å². The first kappa shape index (κ1) is 10.5. The Morgan fingerprint density at radius 2 is 2.00 bits per heavy atom. The standard InChI is InChI=1S/C11H17NO3/c1-11(2)4-3-5-12(11)9(13)7-6-8(7)10(14)15/h7-8H,3-6H2,1-2H3,(H,14,15). The number of rotatable bonds is 2. The van der Waals surface area contributed by atoms with Gasteiger partial charge in [0.2, 0.25) is 5.91 Å². The molecule has 0 spiro atoms. The number of carboxylic acids is 1. The van der Waals surface area contributed by atoms with E-state index in [9.17, 15) is 9.59 Å². The van der Waals surface area contributed by atoms with Gasteiger partial charge in [-0.1, -0.05) is 0 Å². The van der Waals surface area contributed by atoms with Crippen LogP contribution in [-0.4, -0.2) is 34.0 Å². The fourth-order valence-electron chi connectivity index (χ4n) is 2.46. The van der Waals surface area contributed by atoms with E-state index in [-0.39, 0.29) is 17.4 Å². The third-order valence-electron chi connectivity index (χ3n) is 3.59. The minimum absolute atomic E-state index is 0.0462. The van der Waals surface area contributed by atoms with Crippen LogP contribution < -0.4 is 0 Å². The maximum atomic E-state index is 12.0. The smallest absolute Gasteiger partial charge is 0.307 e. The van der Waals surface area contributed by atoms with Crippen molar-refractivity contribution in [2.75, 3.05) is 6.54 Å². The van der Waals surface area contributed by atoms with Crippen molar-refractivity contribution >= 4 is 11.9 Å². The molecule has 1 amide bonds. The molecule has 2 fully saturated rings. The zero-order valence-corrected chi connectivity index (χ0v) is 9.19. The lowest BCUT2D eigenvalue weighted by molar-refractivity contribution is -0.143. The highest BCUT2D eigenvalue weighted by Gasteiger charge is 2.52. The fraction of sp³-hybridized carbons (Fsp3) is 0.818. The second kappa shape index (κ2) is 3.22. The minimum Gasteiger partial charge on any atom is -0.481 e. The van der Waals surface area contributed by atoms with Crippen molar-refractivity contribution in [3.05, 3.63) is 0 Å². The average Bonchev–Trinajstić information content (AvgIpc) is 2.84. The van der Waals surface area contributed by atoms with Gasteiger partial charge in [0.25, 0.3) is 0 Å². The number of carbonyl (C=O) groups excluding carboxylic acids is 1. The van der Waals surface area contributed by atoms with E-state index in [1.165, 1.54) is 0 Å². The first-order chi connectivity index (χ1) is 6.93. The molecule has 2 unspecified atom stereocenters. The molecule has 2 aliphatic rings. The molecule has 0 aromatic carbocycles. The number of amides is 1. The van der Waals surface area contributed by atoms with Crippen LogP contribution in [0.5, 0.6) is 0 Å². The summed E-state index contributed by atoms with van der Waals surface area (Å²) in [5.74, 6) is -1.45. The van der Waals surface area contributed by atoms with E-state index < -0.39 is 11.9 Å². The Morgan fingerprint density at radius 3 is 2.40 bits per heavy atom. The molecule has 0 radical (unpaired) electrons. The normalized spacial score (nSPS) is 32.8. The first-order valence-corrected chi connectivity index (χ1v) is 5.48. The fourth-order valence-corrected chi connectivity index (χ4v) is 2.46. The molecule has 84 valence electrons. The Kier molecular flexibility index (Phi) is 2.24. The van der Waals surface area contributed by atoms with E-state index in [0.29, 0.717) is 6.42 Å². The summed E-state index contributed by atoms with van der Waals surface area (Å²) in [6.07, 6.45) is 2.58. The lowest BCUT2D eigenvalue weighted by atomic mass is 10.0. The number of aliphatic carboxylic acids is 1. The van der Waals surface area contributed by atoms with Gasteiger partial charge in [-0.25, -0.2) is 0 Å². The maximum absolute atomic E-state index is 12.0. The number of likely N-dealkylation sites (tertiary alicyclic amines) is 1. The molecule has 4 nitrogen and oxygen atoms in total. The van der Waals surface area contributed by atoms with Crippen LogP contribution in [0.3, 0.4) is 0 Å². The van der Waals surface area contributed by atoms with Crippen LogP contribution in [0.1, 0.15) is 33.1 Å². The molecule has 0 aromatic rings. The molecule has 4 heteroatoms. The van der Waals surface area contributed by atoms with Gasteiger partial charge >= 0.3 is 5.97 Å². The van der Waals surface area contributed by atoms with E-state index in [1.54, 1.807) is 0 Å². The molecule has 1 saturated heterocycles. The van der Waals surface area contributed by atoms with Crippen LogP contribution in [0, 0.1) is 11.8 Å². The average molecular weight is 211 g/mol. The van der Waals surface area contributed by atoms with Crippen LogP contribution in [0.25, 0.3) is 0 Å². The molecule has 15 heavy (non-hydrogen) atoms. The van der Waals surface area contributed by atoms with Gasteiger partial charge in [0, 0.05) is 12.1 Å². The van der Waals surface area contributed by atoms with Crippen LogP contribution in [0.2, 0.25) is 0 Å². The van der Waals surface area contributed by atoms with Gasteiger partial charge in [-0.3, -0.25) is 9.59 Å². The quantitative estimate of drug-likeness (QED) is 0.744. The Balaban J connectivity index is 2.01. The second-order valence-corrected chi connectivity index (χ2v) is 5.19. The van der Waals surface area contributed by atoms with Crippen molar-refractivity contribution in [3.63, 3.8) is 0 Å². The summed E-state index contributed by atoms with van der Waals surface area (Å²) in [5, 5.41) is 8.77. The largest absolute Gasteiger partial charge is 0.481 e. The van der Waals surface area contributed by atoms with Gasteiger partial charge < -0.3 is 10.0 Å². The molecular weight excluding hydrogens is 194 g/mol. The molecule has 0 aromatic heterocycles. The topological polar surface area (TPSA) is 57.6 Å². The van der Waals surface area contributed by atoms with Gasteiger partial charge in [0.15, 0.2) is 0 Å². The predicted octanol–water partition coefficient (Wildman–Crippen LogP) is 1.11. The van der Waals surface area contributed by atoms with Crippen molar-refractivity contribution in [1.29, 1.82) is 0 Å². The SMILES string of the molecule is CC1(C)CCCN1C(=O)C1CC1C(=O)O. The molecule has 2 atom stereocenters. The summed E-state index contributed by atoms with van der Waals surface area (Å²) >= 11 is 0. The molecule has 1 heterocycles. The Morgan fingerprint density at radius 1 is 1.33 bits per heavy atom. The number of nitrogens with zero attached hydrogens (tertiary/aromatic N) is 1. The van der Waals surface area contributed by atoms with Gasteiger partial charge in [0.1, 0.15) is 0 Å². The number of hydrogen-bond acceptors (Lipinski definition) is 2. The zero-order chi connectivity index (χ0) is 11.2. The first-order valence-electron chi connectivity index (χ1n) is 5.48. The van der Waals surface area contributed by atoms with Crippen LogP contribution in [0.4, 0.5) is 0 Å². The van der Waals surface area contributed by atoms with Crippen molar-refractivity contribution in [2.45, 2.75) is 38.6 Å². The van der Waals surface area contributed by atoms with Gasteiger partial charge in [-0.2, -0.15) is 0 Å². The second-order valence-electron chi connectivity index (χ2n) is 5.19. The van der Waals surface area contributed by atoms with Gasteiger partial charge in [-0.15, -0.1) is 0 Å². The lowest BCUT2D eigenvalue weighted by Crippen LogP contribution is -2.43. The summed E-state index contributed by atoms with van der Waals surface area (Å²) in [5.41, 5.74) is -0.0806. The van der Waals surface area contributed by atoms with E-state index in [1.807, 2.05) is 4.90 Å². The summed E-state index contributed by atoms with van der Waals surface area (Å²) in [7, 11) is 0. The lowest BCUT2D eigenvalue weighted by Gasteiger charge is -2.31. The van der Waals surface area contributed by atoms with Crippen molar-refractivity contribution < 1.29 is 14.7 Å². The third kappa shape index (κ3) is 1.73. The van der Waals surface area contributed by atoms with Crippen LogP contribution >= 0.6 is 0 Å². The number of carboxylic acid groups (broad SMARTS) is 1. The van der Waals surface area contributed by atoms with Crippen molar-refractivity contribution in [1.82, 2.24) is 4.90 Å². The Labute approximate surface area is 89.3 Å². The number of carbonyl (C=O) groups is 2. The third-order valence-corrected chi connectivity index (χ3v) is 3.59. The van der Waals surface area contributed by atoms with Crippen molar-refractivity contribution in [3.8, 4) is 0 Å². The molecule has 1 aliphatic carbocycles. The highest BCUT2D eigenvalue weighted by Crippen LogP contribution is 2.42. The van der Waals surface area contributed by atoms with Crippen LogP contribution in [0.15, 0.2) is 0 Å². The highest BCUT2D eigenvalue weighted by molar-refractivity contribution is 5.90. The van der Waals surface area contributed by atoms with E-state index in [0.717, 1.165) is 19.4 Å². The molecule has 2 rings (SSSR count). The van der Waals surface area contributed by atoms with Gasteiger partial charge in [0.05, 0.1) is 11.8 Å². The predicted molar refractivity (Wildman–Crippen MR) is 54.3 cm³/mol. The summed E-state index contributed by atoms with van der Waals surface area (Å²) < 4.78 is 0. The summed E-state index contributed by atoms with van der Waals surface area (Å²) in [6.45, 7) is 4.89. The highest BCUT2D eigenvalue weighted by atomic mass is 16.4. The Hall–Kier alpha value is -1.06. The molecule has 0 bridgehead atoms. The Bertz CT molecular complexity index is 311. The van der Waals surface area contributed by atoms with Crippen molar-refractivity contribution in [2.24, 2.45) is 11.8 Å². The number of hydrogen-bond donors (Lipinski definition) is 1. The maximum Gasteiger partial charge on any atom is 0.307 e. The van der Waals surface area contributed by atoms with E-state index in [2.05, 4.69) is 13.8 Å². The molecule has 1 saturated carbocycles. The summed E-state index contributed by atoms with van der Waals surface area (Å²) in [4.78, 5) is 24.5. The summed E-state index contributed by atoms with van der Waals surface area (Å²) in [6, 6.07) is 0. The minimum atomic E-state index is -0.828. The van der Waals surface area contributed by atoms with E-state index in [4.69, 9.17) is 5.11 Å². The molecule has 1 aliphatic heterocycles. The van der Waals surface area contributed by atoms with E-state index >= 15 is 0 Å². The monoisotopic (exact) mass is 211 g/mol. The van der Waals surface area contributed by atoms with Gasteiger partial charge in [-0.05, 0) is 33.1 Å².